The molecule has 1 unspecified atom stereocenters. The van der Waals surface area contributed by atoms with Crippen LogP contribution in [0.15, 0.2) is 22.7 Å². The topological polar surface area (TPSA) is 49.8 Å². The van der Waals surface area contributed by atoms with E-state index < -0.39 is 0 Å². The van der Waals surface area contributed by atoms with E-state index in [9.17, 15) is 0 Å². The zero-order chi connectivity index (χ0) is 10.6. The van der Waals surface area contributed by atoms with E-state index in [1.807, 2.05) is 18.2 Å². The Bertz CT molecular complexity index is 358. The van der Waals surface area contributed by atoms with Crippen LogP contribution in [0.5, 0.6) is 0 Å². The zero-order valence-electron chi connectivity index (χ0n) is 7.50. The molecule has 1 aromatic rings. The predicted octanol–water partition coefficient (Wildman–Crippen LogP) is 3.26. The maximum absolute atomic E-state index is 8.58. The minimum absolute atomic E-state index is 0.0790. The molecule has 0 aliphatic heterocycles. The van der Waals surface area contributed by atoms with Crippen molar-refractivity contribution in [2.24, 2.45) is 5.73 Å². The maximum atomic E-state index is 8.58. The molecule has 0 amide bonds. The number of hydrogen-bond donors (Lipinski definition) is 1. The Kier molecular flexibility index (Phi) is 4.59. The van der Waals surface area contributed by atoms with Gasteiger partial charge in [-0.2, -0.15) is 5.26 Å². The summed E-state index contributed by atoms with van der Waals surface area (Å²) in [5.41, 5.74) is 7.71. The molecule has 1 aromatic carbocycles. The van der Waals surface area contributed by atoms with Gasteiger partial charge in [-0.1, -0.05) is 37.9 Å². The van der Waals surface area contributed by atoms with Crippen LogP contribution in [0.3, 0.4) is 0 Å². The number of rotatable bonds is 3. The molecule has 0 bridgehead atoms. The third kappa shape index (κ3) is 3.09. The van der Waals surface area contributed by atoms with Crippen LogP contribution in [0.4, 0.5) is 0 Å². The first-order valence-corrected chi connectivity index (χ1v) is 5.88. The molecule has 0 aliphatic carbocycles. The van der Waals surface area contributed by atoms with Gasteiger partial charge >= 0.3 is 0 Å². The van der Waals surface area contributed by atoms with Crippen LogP contribution in [0.2, 0.25) is 0 Å². The normalized spacial score (nSPS) is 12.1. The van der Waals surface area contributed by atoms with Gasteiger partial charge in [0.2, 0.25) is 0 Å². The minimum Gasteiger partial charge on any atom is -0.326 e. The second kappa shape index (κ2) is 5.50. The Morgan fingerprint density at radius 3 is 2.71 bits per heavy atom. The average Bonchev–Trinajstić information content (AvgIpc) is 2.17. The van der Waals surface area contributed by atoms with Crippen LogP contribution < -0.4 is 5.73 Å². The number of halogens is 2. The molecular weight excluding hydrogens is 308 g/mol. The second-order valence-corrected chi connectivity index (χ2v) is 4.95. The zero-order valence-corrected chi connectivity index (χ0v) is 10.7. The second-order valence-electron chi connectivity index (χ2n) is 2.93. The summed E-state index contributed by atoms with van der Waals surface area (Å²) in [6.07, 6.45) is 0.459. The molecular formula is C10H10Br2N2. The molecule has 0 aromatic heterocycles. The first kappa shape index (κ1) is 11.7. The standard InChI is InChI=1S/C10H10Br2N2/c11-9-4-7(6-14)3-8(5-9)10(12)1-2-13/h3-5,10H,1,6,14H2. The monoisotopic (exact) mass is 316 g/mol. The van der Waals surface area contributed by atoms with Gasteiger partial charge in [-0.25, -0.2) is 0 Å². The molecule has 4 heteroatoms. The summed E-state index contributed by atoms with van der Waals surface area (Å²) in [6, 6.07) is 8.12. The first-order chi connectivity index (χ1) is 6.67. The van der Waals surface area contributed by atoms with E-state index in [2.05, 4.69) is 37.9 Å². The third-order valence-corrected chi connectivity index (χ3v) is 3.16. The highest BCUT2D eigenvalue weighted by molar-refractivity contribution is 9.10. The highest BCUT2D eigenvalue weighted by Gasteiger charge is 2.08. The predicted molar refractivity (Wildman–Crippen MR) is 63.9 cm³/mol. The van der Waals surface area contributed by atoms with Crippen LogP contribution in [0.1, 0.15) is 22.4 Å². The van der Waals surface area contributed by atoms with Gasteiger partial charge in [0.15, 0.2) is 0 Å². The molecule has 0 saturated heterocycles. The molecule has 0 heterocycles. The Balaban J connectivity index is 2.97. The van der Waals surface area contributed by atoms with Crippen molar-refractivity contribution in [3.8, 4) is 6.07 Å². The fourth-order valence-electron chi connectivity index (χ4n) is 1.17. The Labute approximate surface area is 100 Å². The fourth-order valence-corrected chi connectivity index (χ4v) is 2.14. The lowest BCUT2D eigenvalue weighted by atomic mass is 10.1. The van der Waals surface area contributed by atoms with Crippen LogP contribution in [-0.4, -0.2) is 0 Å². The summed E-state index contributed by atoms with van der Waals surface area (Å²) >= 11 is 6.87. The van der Waals surface area contributed by atoms with Crippen LogP contribution in [0, 0.1) is 11.3 Å². The van der Waals surface area contributed by atoms with E-state index in [0.29, 0.717) is 13.0 Å². The largest absolute Gasteiger partial charge is 0.326 e. The summed E-state index contributed by atoms with van der Waals surface area (Å²) < 4.78 is 0.998. The SMILES string of the molecule is N#CCC(Br)c1cc(Br)cc(CN)c1. The summed E-state index contributed by atoms with van der Waals surface area (Å²) in [7, 11) is 0. The number of benzene rings is 1. The quantitative estimate of drug-likeness (QED) is 0.870. The van der Waals surface area contributed by atoms with Crippen molar-refractivity contribution in [2.45, 2.75) is 17.8 Å². The molecule has 2 nitrogen and oxygen atoms in total. The van der Waals surface area contributed by atoms with Gasteiger partial charge in [-0.15, -0.1) is 0 Å². The Hall–Kier alpha value is -0.370. The third-order valence-electron chi connectivity index (χ3n) is 1.85. The molecule has 0 saturated carbocycles. The van der Waals surface area contributed by atoms with Crippen molar-refractivity contribution in [3.63, 3.8) is 0 Å². The number of nitriles is 1. The van der Waals surface area contributed by atoms with Crippen molar-refractivity contribution in [3.05, 3.63) is 33.8 Å². The molecule has 0 fully saturated rings. The van der Waals surface area contributed by atoms with Gasteiger partial charge in [0.05, 0.1) is 17.3 Å². The van der Waals surface area contributed by atoms with E-state index in [1.54, 1.807) is 0 Å². The van der Waals surface area contributed by atoms with E-state index in [0.717, 1.165) is 15.6 Å². The van der Waals surface area contributed by atoms with E-state index >= 15 is 0 Å². The first-order valence-electron chi connectivity index (χ1n) is 4.18. The Morgan fingerprint density at radius 1 is 1.43 bits per heavy atom. The van der Waals surface area contributed by atoms with E-state index in [-0.39, 0.29) is 4.83 Å². The summed E-state index contributed by atoms with van der Waals surface area (Å²) in [5, 5.41) is 8.58. The number of nitrogens with two attached hydrogens (primary N) is 1. The van der Waals surface area contributed by atoms with Crippen molar-refractivity contribution in [1.82, 2.24) is 0 Å². The van der Waals surface area contributed by atoms with E-state index in [1.165, 1.54) is 0 Å². The lowest BCUT2D eigenvalue weighted by Gasteiger charge is -2.08. The molecule has 14 heavy (non-hydrogen) atoms. The van der Waals surface area contributed by atoms with Gasteiger partial charge in [0.1, 0.15) is 0 Å². The lowest BCUT2D eigenvalue weighted by molar-refractivity contribution is 0.979. The minimum atomic E-state index is 0.0790. The molecule has 0 aliphatic rings. The van der Waals surface area contributed by atoms with Crippen LogP contribution in [-0.2, 0) is 6.54 Å². The highest BCUT2D eigenvalue weighted by atomic mass is 79.9. The summed E-state index contributed by atoms with van der Waals surface area (Å²) in [4.78, 5) is 0.0790. The van der Waals surface area contributed by atoms with Crippen molar-refractivity contribution >= 4 is 31.9 Å². The molecule has 1 atom stereocenters. The van der Waals surface area contributed by atoms with Gasteiger partial charge in [0, 0.05) is 11.0 Å². The van der Waals surface area contributed by atoms with Gasteiger partial charge in [0.25, 0.3) is 0 Å². The lowest BCUT2D eigenvalue weighted by Crippen LogP contribution is -1.98. The highest BCUT2D eigenvalue weighted by Crippen LogP contribution is 2.29. The smallest absolute Gasteiger partial charge is 0.0637 e. The van der Waals surface area contributed by atoms with Gasteiger partial charge in [-0.3, -0.25) is 0 Å². The maximum Gasteiger partial charge on any atom is 0.0637 e. The van der Waals surface area contributed by atoms with Crippen molar-refractivity contribution in [1.29, 1.82) is 5.26 Å². The van der Waals surface area contributed by atoms with Crippen LogP contribution in [0.25, 0.3) is 0 Å². The Morgan fingerprint density at radius 2 is 2.14 bits per heavy atom. The van der Waals surface area contributed by atoms with Crippen molar-refractivity contribution < 1.29 is 0 Å². The molecule has 0 radical (unpaired) electrons. The molecule has 0 spiro atoms. The number of hydrogen-bond acceptors (Lipinski definition) is 2. The molecule has 74 valence electrons. The van der Waals surface area contributed by atoms with E-state index in [4.69, 9.17) is 11.0 Å². The van der Waals surface area contributed by atoms with Crippen molar-refractivity contribution in [2.75, 3.05) is 0 Å². The summed E-state index contributed by atoms with van der Waals surface area (Å²) in [6.45, 7) is 0.513. The van der Waals surface area contributed by atoms with Crippen LogP contribution >= 0.6 is 31.9 Å². The number of nitrogens with zero attached hydrogens (tertiary/aromatic N) is 1. The van der Waals surface area contributed by atoms with Gasteiger partial charge < -0.3 is 5.73 Å². The molecule has 1 rings (SSSR count). The summed E-state index contributed by atoms with van der Waals surface area (Å²) in [5.74, 6) is 0. The fraction of sp³-hybridized carbons (Fsp3) is 0.300. The average molecular weight is 318 g/mol. The molecule has 2 N–H and O–H groups in total. The number of alkyl halides is 1. The van der Waals surface area contributed by atoms with Gasteiger partial charge in [-0.05, 0) is 23.3 Å².